The van der Waals surface area contributed by atoms with Crippen LogP contribution in [0, 0.1) is 11.3 Å². The highest BCUT2D eigenvalue weighted by Gasteiger charge is 2.31. The normalized spacial score (nSPS) is 17.6. The summed E-state index contributed by atoms with van der Waals surface area (Å²) in [7, 11) is 1.79. The van der Waals surface area contributed by atoms with Crippen molar-refractivity contribution < 1.29 is 24.5 Å². The number of H-pyrrole nitrogens is 1. The van der Waals surface area contributed by atoms with E-state index in [9.17, 15) is 15.0 Å². The number of rotatable bonds is 10. The highest BCUT2D eigenvalue weighted by Crippen LogP contribution is 2.39. The lowest BCUT2D eigenvalue weighted by molar-refractivity contribution is -0.120. The summed E-state index contributed by atoms with van der Waals surface area (Å²) in [6.45, 7) is 3.49. The Bertz CT molecular complexity index is 1190. The van der Waals surface area contributed by atoms with Gasteiger partial charge in [0, 0.05) is 41.9 Å². The number of nitrogens with zero attached hydrogens (tertiary/aromatic N) is 1. The fourth-order valence-corrected chi connectivity index (χ4v) is 5.79. The molecule has 1 atom stereocenters. The Morgan fingerprint density at radius 2 is 1.85 bits per heavy atom. The molecule has 212 valence electrons. The fraction of sp³-hybridized carbons (Fsp3) is 0.516. The molecule has 1 aromatic heterocycles. The average Bonchev–Trinajstić information content (AvgIpc) is 3.62. The molecule has 0 saturated heterocycles. The SMILES string of the molecule is CCC(CO)(CO)COc1ccc([C@H]2c3[nH]c4ccc(Cl)cc4c3CCN2C=O)cc1.COCC1CCCC1. The molecule has 0 radical (unpaired) electrons. The summed E-state index contributed by atoms with van der Waals surface area (Å²) >= 11 is 6.21. The van der Waals surface area contributed by atoms with E-state index in [-0.39, 0.29) is 25.9 Å². The molecule has 0 unspecified atom stereocenters. The molecule has 0 spiro atoms. The van der Waals surface area contributed by atoms with Crippen LogP contribution >= 0.6 is 11.6 Å². The Kier molecular flexibility index (Phi) is 10.3. The van der Waals surface area contributed by atoms with Crippen molar-refractivity contribution in [2.24, 2.45) is 11.3 Å². The third kappa shape index (κ3) is 6.77. The third-order valence-electron chi connectivity index (χ3n) is 8.30. The smallest absolute Gasteiger partial charge is 0.210 e. The fourth-order valence-electron chi connectivity index (χ4n) is 5.61. The minimum atomic E-state index is -0.656. The number of hydrogen-bond acceptors (Lipinski definition) is 5. The summed E-state index contributed by atoms with van der Waals surface area (Å²) < 4.78 is 10.9. The summed E-state index contributed by atoms with van der Waals surface area (Å²) in [5.74, 6) is 1.54. The van der Waals surface area contributed by atoms with Crippen molar-refractivity contribution in [3.8, 4) is 5.75 Å². The molecule has 8 heteroatoms. The van der Waals surface area contributed by atoms with Crippen molar-refractivity contribution in [1.82, 2.24) is 9.88 Å². The third-order valence-corrected chi connectivity index (χ3v) is 8.54. The maximum absolute atomic E-state index is 11.8. The number of benzene rings is 2. The largest absolute Gasteiger partial charge is 0.493 e. The maximum atomic E-state index is 11.8. The number of aromatic nitrogens is 1. The minimum absolute atomic E-state index is 0.137. The highest BCUT2D eigenvalue weighted by molar-refractivity contribution is 6.31. The molecule has 2 aromatic carbocycles. The van der Waals surface area contributed by atoms with Crippen LogP contribution < -0.4 is 4.74 Å². The molecule has 1 aliphatic heterocycles. The van der Waals surface area contributed by atoms with E-state index in [1.54, 1.807) is 12.0 Å². The van der Waals surface area contributed by atoms with Gasteiger partial charge < -0.3 is 29.6 Å². The van der Waals surface area contributed by atoms with Crippen molar-refractivity contribution in [3.05, 3.63) is 64.3 Å². The molecule has 1 fully saturated rings. The Morgan fingerprint density at radius 3 is 2.46 bits per heavy atom. The van der Waals surface area contributed by atoms with Crippen LogP contribution in [0.4, 0.5) is 0 Å². The molecule has 0 bridgehead atoms. The molecule has 2 heterocycles. The number of aliphatic hydroxyl groups excluding tert-OH is 2. The first kappa shape index (κ1) is 29.4. The Labute approximate surface area is 236 Å². The first-order chi connectivity index (χ1) is 19.0. The molecular formula is C31H41ClN2O5. The van der Waals surface area contributed by atoms with Crippen molar-refractivity contribution in [2.75, 3.05) is 40.1 Å². The summed E-state index contributed by atoms with van der Waals surface area (Å²) in [5.41, 5.74) is 3.53. The van der Waals surface area contributed by atoms with Gasteiger partial charge in [-0.15, -0.1) is 0 Å². The number of amides is 1. The Balaban J connectivity index is 0.000000379. The molecule has 1 amide bonds. The average molecular weight is 557 g/mol. The number of halogens is 1. The molecule has 1 aliphatic carbocycles. The highest BCUT2D eigenvalue weighted by atomic mass is 35.5. The zero-order chi connectivity index (χ0) is 27.8. The van der Waals surface area contributed by atoms with Crippen LogP contribution in [0.25, 0.3) is 10.9 Å². The number of carbonyl (C=O) groups excluding carboxylic acids is 1. The lowest BCUT2D eigenvalue weighted by atomic mass is 9.88. The van der Waals surface area contributed by atoms with E-state index in [1.807, 2.05) is 49.4 Å². The second-order valence-electron chi connectivity index (χ2n) is 10.8. The summed E-state index contributed by atoms with van der Waals surface area (Å²) in [4.78, 5) is 17.1. The van der Waals surface area contributed by atoms with Gasteiger partial charge in [-0.05, 0) is 73.1 Å². The summed E-state index contributed by atoms with van der Waals surface area (Å²) in [5, 5.41) is 21.0. The van der Waals surface area contributed by atoms with E-state index in [4.69, 9.17) is 21.1 Å². The van der Waals surface area contributed by atoms with E-state index in [0.29, 0.717) is 23.7 Å². The van der Waals surface area contributed by atoms with Crippen molar-refractivity contribution in [2.45, 2.75) is 51.5 Å². The van der Waals surface area contributed by atoms with Gasteiger partial charge in [0.2, 0.25) is 6.41 Å². The molecule has 3 N–H and O–H groups in total. The monoisotopic (exact) mass is 556 g/mol. The van der Waals surface area contributed by atoms with Crippen LogP contribution in [0.15, 0.2) is 42.5 Å². The summed E-state index contributed by atoms with van der Waals surface area (Å²) in [6, 6.07) is 13.2. The van der Waals surface area contributed by atoms with Gasteiger partial charge in [0.05, 0.1) is 31.3 Å². The van der Waals surface area contributed by atoms with Crippen LogP contribution in [-0.2, 0) is 16.0 Å². The van der Waals surface area contributed by atoms with Crippen LogP contribution in [0.2, 0.25) is 5.02 Å². The molecular weight excluding hydrogens is 516 g/mol. The topological polar surface area (TPSA) is 95.0 Å². The Hall–Kier alpha value is -2.58. The second kappa shape index (κ2) is 13.7. The van der Waals surface area contributed by atoms with E-state index >= 15 is 0 Å². The molecule has 39 heavy (non-hydrogen) atoms. The van der Waals surface area contributed by atoms with Gasteiger partial charge in [0.1, 0.15) is 5.75 Å². The predicted molar refractivity (Wildman–Crippen MR) is 154 cm³/mol. The number of hydrogen-bond donors (Lipinski definition) is 3. The number of fused-ring (bicyclic) bond motifs is 3. The van der Waals surface area contributed by atoms with Crippen LogP contribution in [0.3, 0.4) is 0 Å². The lowest BCUT2D eigenvalue weighted by Crippen LogP contribution is -2.35. The molecule has 2 aliphatic rings. The molecule has 3 aromatic rings. The standard InChI is InChI=1S/C24H27ClN2O4.C7H14O/c1-2-24(12-28,13-29)14-31-18-6-3-16(4-7-18)23-22-19(9-10-27(23)15-30)20-11-17(25)5-8-21(20)26-22;1-8-6-7-4-2-3-5-7/h3-8,11,15,23,26,28-29H,2,9-10,12-14H2,1H3;7H,2-6H2,1H3/t23-;/m0./s1. The van der Waals surface area contributed by atoms with Crippen molar-refractivity contribution >= 4 is 28.9 Å². The van der Waals surface area contributed by atoms with E-state index in [2.05, 4.69) is 4.98 Å². The number of ether oxygens (including phenoxy) is 2. The number of aliphatic hydroxyl groups is 2. The summed E-state index contributed by atoms with van der Waals surface area (Å²) in [6.07, 6.45) is 7.92. The predicted octanol–water partition coefficient (Wildman–Crippen LogP) is 5.51. The maximum Gasteiger partial charge on any atom is 0.210 e. The Morgan fingerprint density at radius 1 is 1.13 bits per heavy atom. The first-order valence-electron chi connectivity index (χ1n) is 13.9. The number of aromatic amines is 1. The van der Waals surface area contributed by atoms with Crippen molar-refractivity contribution in [1.29, 1.82) is 0 Å². The van der Waals surface area contributed by atoms with Gasteiger partial charge in [-0.1, -0.05) is 43.5 Å². The molecule has 7 nitrogen and oxygen atoms in total. The van der Waals surface area contributed by atoms with Crippen molar-refractivity contribution in [3.63, 3.8) is 0 Å². The molecule has 1 saturated carbocycles. The number of nitrogens with one attached hydrogen (secondary N) is 1. The zero-order valence-electron chi connectivity index (χ0n) is 23.0. The van der Waals surface area contributed by atoms with Crippen LogP contribution in [0.5, 0.6) is 5.75 Å². The quantitative estimate of drug-likeness (QED) is 0.286. The lowest BCUT2D eigenvalue weighted by Gasteiger charge is -2.33. The van der Waals surface area contributed by atoms with Gasteiger partial charge in [0.15, 0.2) is 0 Å². The second-order valence-corrected chi connectivity index (χ2v) is 11.3. The van der Waals surface area contributed by atoms with E-state index < -0.39 is 5.41 Å². The van der Waals surface area contributed by atoms with Gasteiger partial charge in [-0.2, -0.15) is 0 Å². The van der Waals surface area contributed by atoms with E-state index in [1.165, 1.54) is 31.2 Å². The van der Waals surface area contributed by atoms with Gasteiger partial charge in [-0.25, -0.2) is 0 Å². The van der Waals surface area contributed by atoms with Gasteiger partial charge in [-0.3, -0.25) is 4.79 Å². The minimum Gasteiger partial charge on any atom is -0.493 e. The number of carbonyl (C=O) groups is 1. The first-order valence-corrected chi connectivity index (χ1v) is 14.3. The number of methoxy groups -OCH3 is 1. The van der Waals surface area contributed by atoms with Crippen LogP contribution in [-0.4, -0.2) is 66.6 Å². The van der Waals surface area contributed by atoms with E-state index in [0.717, 1.165) is 47.5 Å². The zero-order valence-corrected chi connectivity index (χ0v) is 23.8. The molecule has 5 rings (SSSR count). The van der Waals surface area contributed by atoms with Crippen LogP contribution in [0.1, 0.15) is 61.9 Å². The van der Waals surface area contributed by atoms with Gasteiger partial charge >= 0.3 is 0 Å². The van der Waals surface area contributed by atoms with Gasteiger partial charge in [0.25, 0.3) is 0 Å².